The lowest BCUT2D eigenvalue weighted by Gasteiger charge is -2.34. The quantitative estimate of drug-likeness (QED) is 0.644. The molecule has 6 heteroatoms. The molecule has 6 nitrogen and oxygen atoms in total. The SMILES string of the molecule is Cc1cc(-c2ccc(N3CCN(C)CC3)cc2)ncc1[N+](=O)[O-]. The second-order valence-corrected chi connectivity index (χ2v) is 5.95. The van der Waals surface area contributed by atoms with Gasteiger partial charge in [0.15, 0.2) is 0 Å². The number of nitrogens with zero attached hydrogens (tertiary/aromatic N) is 4. The van der Waals surface area contributed by atoms with Crippen LogP contribution in [-0.2, 0) is 0 Å². The van der Waals surface area contributed by atoms with Crippen LogP contribution < -0.4 is 4.90 Å². The first-order chi connectivity index (χ1) is 11.0. The van der Waals surface area contributed by atoms with Crippen LogP contribution in [0.25, 0.3) is 11.3 Å². The molecular weight excluding hydrogens is 292 g/mol. The second-order valence-electron chi connectivity index (χ2n) is 5.95. The molecule has 0 N–H and O–H groups in total. The van der Waals surface area contributed by atoms with E-state index in [1.54, 1.807) is 13.0 Å². The Hall–Kier alpha value is -2.47. The van der Waals surface area contributed by atoms with Crippen LogP contribution in [0.2, 0.25) is 0 Å². The lowest BCUT2D eigenvalue weighted by molar-refractivity contribution is -0.385. The molecule has 0 amide bonds. The third-order valence-corrected chi connectivity index (χ3v) is 4.31. The molecule has 2 heterocycles. The molecule has 2 aromatic rings. The van der Waals surface area contributed by atoms with Crippen LogP contribution in [0.3, 0.4) is 0 Å². The maximum absolute atomic E-state index is 10.9. The van der Waals surface area contributed by atoms with Gasteiger partial charge in [-0.15, -0.1) is 0 Å². The standard InChI is InChI=1S/C17H20N4O2/c1-13-11-16(18-12-17(13)21(22)23)14-3-5-15(6-4-14)20-9-7-19(2)8-10-20/h3-6,11-12H,7-10H2,1-2H3. The Morgan fingerprint density at radius 3 is 2.35 bits per heavy atom. The first kappa shape index (κ1) is 15.4. The van der Waals surface area contributed by atoms with E-state index >= 15 is 0 Å². The maximum Gasteiger partial charge on any atom is 0.290 e. The number of nitro groups is 1. The Bertz CT molecular complexity index is 707. The summed E-state index contributed by atoms with van der Waals surface area (Å²) in [6, 6.07) is 10.0. The molecule has 23 heavy (non-hydrogen) atoms. The zero-order valence-corrected chi connectivity index (χ0v) is 13.4. The van der Waals surface area contributed by atoms with E-state index in [1.165, 1.54) is 11.9 Å². The van der Waals surface area contributed by atoms with Gasteiger partial charge in [-0.25, -0.2) is 4.98 Å². The summed E-state index contributed by atoms with van der Waals surface area (Å²) in [6.07, 6.45) is 1.33. The van der Waals surface area contributed by atoms with Crippen LogP contribution in [-0.4, -0.2) is 48.0 Å². The molecule has 0 saturated carbocycles. The third kappa shape index (κ3) is 3.32. The van der Waals surface area contributed by atoms with Crippen LogP contribution >= 0.6 is 0 Å². The minimum Gasteiger partial charge on any atom is -0.369 e. The first-order valence-electron chi connectivity index (χ1n) is 7.69. The van der Waals surface area contributed by atoms with Gasteiger partial charge in [0.25, 0.3) is 5.69 Å². The van der Waals surface area contributed by atoms with Gasteiger partial charge in [0.05, 0.1) is 10.6 Å². The van der Waals surface area contributed by atoms with Gasteiger partial charge in [0, 0.05) is 43.0 Å². The Labute approximate surface area is 135 Å². The Morgan fingerprint density at radius 2 is 1.78 bits per heavy atom. The van der Waals surface area contributed by atoms with Crippen molar-refractivity contribution >= 4 is 11.4 Å². The molecule has 1 fully saturated rings. The summed E-state index contributed by atoms with van der Waals surface area (Å²) in [6.45, 7) is 5.95. The molecule has 1 saturated heterocycles. The summed E-state index contributed by atoms with van der Waals surface area (Å²) >= 11 is 0. The van der Waals surface area contributed by atoms with Crippen LogP contribution in [0.5, 0.6) is 0 Å². The number of hydrogen-bond donors (Lipinski definition) is 0. The van der Waals surface area contributed by atoms with E-state index in [4.69, 9.17) is 0 Å². The van der Waals surface area contributed by atoms with Crippen molar-refractivity contribution in [1.29, 1.82) is 0 Å². The molecule has 0 unspecified atom stereocenters. The third-order valence-electron chi connectivity index (χ3n) is 4.31. The summed E-state index contributed by atoms with van der Waals surface area (Å²) in [5.74, 6) is 0. The molecule has 0 radical (unpaired) electrons. The Morgan fingerprint density at radius 1 is 1.13 bits per heavy atom. The van der Waals surface area contributed by atoms with E-state index in [0.717, 1.165) is 37.4 Å². The van der Waals surface area contributed by atoms with Crippen molar-refractivity contribution in [3.63, 3.8) is 0 Å². The fourth-order valence-electron chi connectivity index (χ4n) is 2.81. The van der Waals surface area contributed by atoms with Crippen molar-refractivity contribution in [2.75, 3.05) is 38.1 Å². The van der Waals surface area contributed by atoms with E-state index in [0.29, 0.717) is 5.56 Å². The molecule has 0 aliphatic carbocycles. The topological polar surface area (TPSA) is 62.5 Å². The first-order valence-corrected chi connectivity index (χ1v) is 7.69. The Kier molecular flexibility index (Phi) is 4.25. The van der Waals surface area contributed by atoms with E-state index in [-0.39, 0.29) is 5.69 Å². The molecule has 1 aliphatic heterocycles. The molecule has 1 aliphatic rings. The van der Waals surface area contributed by atoms with Crippen LogP contribution in [0.1, 0.15) is 5.56 Å². The zero-order valence-electron chi connectivity index (χ0n) is 13.4. The smallest absolute Gasteiger partial charge is 0.290 e. The minimum atomic E-state index is -0.400. The lowest BCUT2D eigenvalue weighted by atomic mass is 10.1. The molecule has 3 rings (SSSR count). The van der Waals surface area contributed by atoms with E-state index in [1.807, 2.05) is 12.1 Å². The van der Waals surface area contributed by atoms with Gasteiger partial charge in [-0.1, -0.05) is 12.1 Å². The number of hydrogen-bond acceptors (Lipinski definition) is 5. The summed E-state index contributed by atoms with van der Waals surface area (Å²) in [4.78, 5) is 19.4. The van der Waals surface area contributed by atoms with Crippen molar-refractivity contribution in [3.8, 4) is 11.3 Å². The van der Waals surface area contributed by atoms with Gasteiger partial charge in [-0.05, 0) is 32.2 Å². The van der Waals surface area contributed by atoms with Gasteiger partial charge in [0.1, 0.15) is 6.20 Å². The molecule has 120 valence electrons. The molecular formula is C17H20N4O2. The highest BCUT2D eigenvalue weighted by molar-refractivity contribution is 5.65. The van der Waals surface area contributed by atoms with E-state index < -0.39 is 4.92 Å². The number of rotatable bonds is 3. The minimum absolute atomic E-state index is 0.0582. The summed E-state index contributed by atoms with van der Waals surface area (Å²) in [5.41, 5.74) is 3.63. The predicted molar refractivity (Wildman–Crippen MR) is 90.8 cm³/mol. The van der Waals surface area contributed by atoms with Crippen LogP contribution in [0.4, 0.5) is 11.4 Å². The van der Waals surface area contributed by atoms with Gasteiger partial charge in [-0.3, -0.25) is 10.1 Å². The van der Waals surface area contributed by atoms with E-state index in [2.05, 4.69) is 34.0 Å². The number of pyridine rings is 1. The number of piperazine rings is 1. The molecule has 0 atom stereocenters. The number of aryl methyl sites for hydroxylation is 1. The summed E-state index contributed by atoms with van der Waals surface area (Å²) < 4.78 is 0. The molecule has 1 aromatic heterocycles. The molecule has 1 aromatic carbocycles. The average molecular weight is 312 g/mol. The Balaban J connectivity index is 1.79. The van der Waals surface area contributed by atoms with Crippen molar-refractivity contribution < 1.29 is 4.92 Å². The zero-order chi connectivity index (χ0) is 16.4. The molecule has 0 spiro atoms. The maximum atomic E-state index is 10.9. The highest BCUT2D eigenvalue weighted by atomic mass is 16.6. The van der Waals surface area contributed by atoms with E-state index in [9.17, 15) is 10.1 Å². The fraction of sp³-hybridized carbons (Fsp3) is 0.353. The monoisotopic (exact) mass is 312 g/mol. The fourth-order valence-corrected chi connectivity index (χ4v) is 2.81. The van der Waals surface area contributed by atoms with Gasteiger partial charge in [-0.2, -0.15) is 0 Å². The average Bonchev–Trinajstić information content (AvgIpc) is 2.55. The number of benzene rings is 1. The second kappa shape index (κ2) is 6.34. The summed E-state index contributed by atoms with van der Waals surface area (Å²) in [7, 11) is 2.14. The lowest BCUT2D eigenvalue weighted by Crippen LogP contribution is -2.44. The molecule has 0 bridgehead atoms. The van der Waals surface area contributed by atoms with Crippen molar-refractivity contribution in [1.82, 2.24) is 9.88 Å². The number of likely N-dealkylation sites (N-methyl/N-ethyl adjacent to an activating group) is 1. The van der Waals surface area contributed by atoms with Gasteiger partial charge >= 0.3 is 0 Å². The van der Waals surface area contributed by atoms with Crippen molar-refractivity contribution in [2.45, 2.75) is 6.92 Å². The normalized spacial score (nSPS) is 15.7. The van der Waals surface area contributed by atoms with Crippen molar-refractivity contribution in [2.24, 2.45) is 0 Å². The van der Waals surface area contributed by atoms with Gasteiger partial charge in [0.2, 0.25) is 0 Å². The largest absolute Gasteiger partial charge is 0.369 e. The van der Waals surface area contributed by atoms with Crippen LogP contribution in [0.15, 0.2) is 36.5 Å². The highest BCUT2D eigenvalue weighted by Gasteiger charge is 2.15. The number of aromatic nitrogens is 1. The van der Waals surface area contributed by atoms with Crippen molar-refractivity contribution in [3.05, 3.63) is 52.2 Å². The van der Waals surface area contributed by atoms with Gasteiger partial charge < -0.3 is 9.80 Å². The predicted octanol–water partition coefficient (Wildman–Crippen LogP) is 2.72. The number of anilines is 1. The highest BCUT2D eigenvalue weighted by Crippen LogP contribution is 2.26. The van der Waals surface area contributed by atoms with Crippen LogP contribution in [0, 0.1) is 17.0 Å². The summed E-state index contributed by atoms with van der Waals surface area (Å²) in [5, 5.41) is 10.9.